The Bertz CT molecular complexity index is 679. The zero-order valence-corrected chi connectivity index (χ0v) is 11.6. The fraction of sp³-hybridized carbons (Fsp3) is 0. The van der Waals surface area contributed by atoms with Gasteiger partial charge in [-0.25, -0.2) is 4.68 Å². The van der Waals surface area contributed by atoms with E-state index < -0.39 is 0 Å². The largest absolute Gasteiger partial charge is 0.454 e. The van der Waals surface area contributed by atoms with E-state index in [1.807, 2.05) is 60.8 Å². The van der Waals surface area contributed by atoms with Crippen LogP contribution in [0.2, 0.25) is 0 Å². The average molecular weight is 315 g/mol. The molecule has 0 aliphatic rings. The van der Waals surface area contributed by atoms with Crippen LogP contribution in [-0.2, 0) is 0 Å². The molecule has 0 saturated carbocycles. The van der Waals surface area contributed by atoms with Gasteiger partial charge in [-0.2, -0.15) is 5.10 Å². The SMILES string of the molecule is Brc1cccc(Oc2cnn(-c3ccccc3)c2)c1. The van der Waals surface area contributed by atoms with Gasteiger partial charge >= 0.3 is 0 Å². The topological polar surface area (TPSA) is 27.1 Å². The van der Waals surface area contributed by atoms with E-state index in [9.17, 15) is 0 Å². The summed E-state index contributed by atoms with van der Waals surface area (Å²) in [6.45, 7) is 0. The maximum atomic E-state index is 5.75. The molecule has 0 spiro atoms. The minimum Gasteiger partial charge on any atom is -0.454 e. The monoisotopic (exact) mass is 314 g/mol. The molecule has 0 amide bonds. The molecule has 0 N–H and O–H groups in total. The van der Waals surface area contributed by atoms with Crippen LogP contribution < -0.4 is 4.74 Å². The van der Waals surface area contributed by atoms with Crippen molar-refractivity contribution in [2.75, 3.05) is 0 Å². The van der Waals surface area contributed by atoms with Crippen LogP contribution in [0.15, 0.2) is 71.5 Å². The zero-order valence-electron chi connectivity index (χ0n) is 10.0. The van der Waals surface area contributed by atoms with Gasteiger partial charge in [0.25, 0.3) is 0 Å². The maximum absolute atomic E-state index is 5.75. The Balaban J connectivity index is 1.82. The second-order valence-electron chi connectivity index (χ2n) is 4.02. The molecule has 0 aliphatic heterocycles. The summed E-state index contributed by atoms with van der Waals surface area (Å²) in [5, 5.41) is 4.28. The highest BCUT2D eigenvalue weighted by molar-refractivity contribution is 9.10. The predicted octanol–water partition coefficient (Wildman–Crippen LogP) is 4.43. The maximum Gasteiger partial charge on any atom is 0.165 e. The molecule has 0 saturated heterocycles. The van der Waals surface area contributed by atoms with Crippen LogP contribution in [0.3, 0.4) is 0 Å². The van der Waals surface area contributed by atoms with Crippen molar-refractivity contribution in [3.63, 3.8) is 0 Å². The Morgan fingerprint density at radius 3 is 2.58 bits per heavy atom. The Labute approximate surface area is 119 Å². The van der Waals surface area contributed by atoms with Gasteiger partial charge in [0, 0.05) is 4.47 Å². The van der Waals surface area contributed by atoms with Gasteiger partial charge in [-0.15, -0.1) is 0 Å². The number of benzene rings is 2. The smallest absolute Gasteiger partial charge is 0.165 e. The zero-order chi connectivity index (χ0) is 13.1. The number of rotatable bonds is 3. The van der Waals surface area contributed by atoms with Crippen LogP contribution in [0.4, 0.5) is 0 Å². The lowest BCUT2D eigenvalue weighted by Gasteiger charge is -2.02. The summed E-state index contributed by atoms with van der Waals surface area (Å²) >= 11 is 3.42. The first-order chi connectivity index (χ1) is 9.31. The molecule has 2 aromatic carbocycles. The minimum absolute atomic E-state index is 0.710. The molecule has 0 aliphatic carbocycles. The Morgan fingerprint density at radius 1 is 0.947 bits per heavy atom. The van der Waals surface area contributed by atoms with Crippen LogP contribution in [0, 0.1) is 0 Å². The summed E-state index contributed by atoms with van der Waals surface area (Å²) < 4.78 is 8.52. The van der Waals surface area contributed by atoms with E-state index in [0.717, 1.165) is 15.9 Å². The first-order valence-electron chi connectivity index (χ1n) is 5.85. The lowest BCUT2D eigenvalue weighted by Crippen LogP contribution is -1.92. The van der Waals surface area contributed by atoms with Gasteiger partial charge in [-0.05, 0) is 30.3 Å². The second-order valence-corrected chi connectivity index (χ2v) is 4.93. The Kier molecular flexibility index (Phi) is 3.33. The number of hydrogen-bond donors (Lipinski definition) is 0. The van der Waals surface area contributed by atoms with Crippen LogP contribution in [0.5, 0.6) is 11.5 Å². The molecule has 3 aromatic rings. The predicted molar refractivity (Wildman–Crippen MR) is 77.8 cm³/mol. The molecular weight excluding hydrogens is 304 g/mol. The Morgan fingerprint density at radius 2 is 1.79 bits per heavy atom. The van der Waals surface area contributed by atoms with Gasteiger partial charge < -0.3 is 4.74 Å². The molecule has 0 fully saturated rings. The summed E-state index contributed by atoms with van der Waals surface area (Å²) in [6.07, 6.45) is 3.56. The van der Waals surface area contributed by atoms with Crippen molar-refractivity contribution in [2.45, 2.75) is 0 Å². The molecule has 0 radical (unpaired) electrons. The van der Waals surface area contributed by atoms with Crippen molar-refractivity contribution < 1.29 is 4.74 Å². The van der Waals surface area contributed by atoms with Gasteiger partial charge in [-0.1, -0.05) is 40.2 Å². The van der Waals surface area contributed by atoms with E-state index in [1.54, 1.807) is 10.9 Å². The van der Waals surface area contributed by atoms with Crippen LogP contribution >= 0.6 is 15.9 Å². The number of ether oxygens (including phenoxy) is 1. The third kappa shape index (κ3) is 2.85. The molecule has 4 heteroatoms. The molecular formula is C15H11BrN2O. The molecule has 3 rings (SSSR count). The van der Waals surface area contributed by atoms with Crippen LogP contribution in [0.1, 0.15) is 0 Å². The molecule has 3 nitrogen and oxygen atoms in total. The van der Waals surface area contributed by atoms with Gasteiger partial charge in [0.15, 0.2) is 5.75 Å². The van der Waals surface area contributed by atoms with Crippen molar-refractivity contribution >= 4 is 15.9 Å². The molecule has 0 atom stereocenters. The first kappa shape index (κ1) is 12.0. The summed E-state index contributed by atoms with van der Waals surface area (Å²) in [5.74, 6) is 1.49. The van der Waals surface area contributed by atoms with E-state index in [4.69, 9.17) is 4.74 Å². The van der Waals surface area contributed by atoms with Crippen molar-refractivity contribution in [2.24, 2.45) is 0 Å². The fourth-order valence-electron chi connectivity index (χ4n) is 1.75. The van der Waals surface area contributed by atoms with Gasteiger partial charge in [0.05, 0.1) is 18.1 Å². The lowest BCUT2D eigenvalue weighted by molar-refractivity contribution is 0.482. The highest BCUT2D eigenvalue weighted by Crippen LogP contribution is 2.24. The van der Waals surface area contributed by atoms with E-state index in [2.05, 4.69) is 21.0 Å². The van der Waals surface area contributed by atoms with E-state index >= 15 is 0 Å². The highest BCUT2D eigenvalue weighted by atomic mass is 79.9. The van der Waals surface area contributed by atoms with Crippen molar-refractivity contribution in [1.82, 2.24) is 9.78 Å². The molecule has 94 valence electrons. The number of hydrogen-bond acceptors (Lipinski definition) is 2. The minimum atomic E-state index is 0.710. The van der Waals surface area contributed by atoms with E-state index in [0.29, 0.717) is 5.75 Å². The molecule has 1 aromatic heterocycles. The summed E-state index contributed by atoms with van der Waals surface area (Å²) in [5.41, 5.74) is 1.01. The van der Waals surface area contributed by atoms with E-state index in [1.165, 1.54) is 0 Å². The third-order valence-corrected chi connectivity index (χ3v) is 3.10. The molecule has 0 unspecified atom stereocenters. The fourth-order valence-corrected chi connectivity index (χ4v) is 2.13. The normalized spacial score (nSPS) is 10.4. The van der Waals surface area contributed by atoms with E-state index in [-0.39, 0.29) is 0 Å². The lowest BCUT2D eigenvalue weighted by atomic mass is 10.3. The second kappa shape index (κ2) is 5.28. The molecule has 0 bridgehead atoms. The van der Waals surface area contributed by atoms with Crippen molar-refractivity contribution in [3.8, 4) is 17.2 Å². The number of aromatic nitrogens is 2. The van der Waals surface area contributed by atoms with Gasteiger partial charge in [0.2, 0.25) is 0 Å². The number of para-hydroxylation sites is 1. The summed E-state index contributed by atoms with van der Waals surface area (Å²) in [4.78, 5) is 0. The molecule has 19 heavy (non-hydrogen) atoms. The van der Waals surface area contributed by atoms with Crippen LogP contribution in [-0.4, -0.2) is 9.78 Å². The van der Waals surface area contributed by atoms with Gasteiger partial charge in [-0.3, -0.25) is 0 Å². The number of halogens is 1. The summed E-state index contributed by atoms with van der Waals surface area (Å²) in [6, 6.07) is 17.6. The first-order valence-corrected chi connectivity index (χ1v) is 6.64. The average Bonchev–Trinajstić information content (AvgIpc) is 2.88. The molecule has 1 heterocycles. The third-order valence-electron chi connectivity index (χ3n) is 2.61. The van der Waals surface area contributed by atoms with Crippen molar-refractivity contribution in [3.05, 3.63) is 71.5 Å². The van der Waals surface area contributed by atoms with Gasteiger partial charge in [0.1, 0.15) is 5.75 Å². The van der Waals surface area contributed by atoms with Crippen molar-refractivity contribution in [1.29, 1.82) is 0 Å². The standard InChI is InChI=1S/C15H11BrN2O/c16-12-5-4-8-14(9-12)19-15-10-17-18(11-15)13-6-2-1-3-7-13/h1-11H. The summed E-state index contributed by atoms with van der Waals surface area (Å²) in [7, 11) is 0. The highest BCUT2D eigenvalue weighted by Gasteiger charge is 2.03. The quantitative estimate of drug-likeness (QED) is 0.715. The Hall–Kier alpha value is -2.07. The van der Waals surface area contributed by atoms with Crippen LogP contribution in [0.25, 0.3) is 5.69 Å². The number of nitrogens with zero attached hydrogens (tertiary/aromatic N) is 2.